The molecule has 0 radical (unpaired) electrons. The van der Waals surface area contributed by atoms with Crippen molar-refractivity contribution in [3.8, 4) is 0 Å². The van der Waals surface area contributed by atoms with E-state index in [1.54, 1.807) is 0 Å². The van der Waals surface area contributed by atoms with Crippen molar-refractivity contribution in [3.63, 3.8) is 0 Å². The van der Waals surface area contributed by atoms with Gasteiger partial charge in [0.2, 0.25) is 0 Å². The van der Waals surface area contributed by atoms with E-state index in [1.165, 1.54) is 0 Å². The summed E-state index contributed by atoms with van der Waals surface area (Å²) in [4.78, 5) is 38.1. The first kappa shape index (κ1) is 14.1. The number of imide groups is 1. The predicted octanol–water partition coefficient (Wildman–Crippen LogP) is -0.713. The van der Waals surface area contributed by atoms with E-state index in [-0.39, 0.29) is 25.8 Å². The highest BCUT2D eigenvalue weighted by molar-refractivity contribution is 9.09. The number of hydrogen-bond donors (Lipinski definition) is 2. The number of hydrogen-bond acceptors (Lipinski definition) is 6. The maximum absolute atomic E-state index is 11.3. The molecule has 1 aliphatic rings. The quantitative estimate of drug-likeness (QED) is 0.382. The zero-order valence-corrected chi connectivity index (χ0v) is 10.6. The average molecular weight is 309 g/mol. The third kappa shape index (κ3) is 4.41. The summed E-state index contributed by atoms with van der Waals surface area (Å²) in [6.07, 6.45) is -0.640. The Labute approximate surface area is 106 Å². The summed E-state index contributed by atoms with van der Waals surface area (Å²) in [7, 11) is 0. The average Bonchev–Trinajstić information content (AvgIpc) is 2.60. The Morgan fingerprint density at radius 3 is 2.59 bits per heavy atom. The minimum absolute atomic E-state index is 0.0406. The van der Waals surface area contributed by atoms with Crippen LogP contribution in [0.25, 0.3) is 0 Å². The van der Waals surface area contributed by atoms with E-state index >= 15 is 0 Å². The number of carbonyl (C=O) groups excluding carboxylic acids is 3. The normalized spacial score (nSPS) is 17.4. The van der Waals surface area contributed by atoms with Gasteiger partial charge < -0.3 is 9.94 Å². The summed E-state index contributed by atoms with van der Waals surface area (Å²) in [6.45, 7) is 0.196. The largest absolute Gasteiger partial charge is 0.378 e. The van der Waals surface area contributed by atoms with Gasteiger partial charge in [-0.15, -0.1) is 5.06 Å². The van der Waals surface area contributed by atoms with Crippen molar-refractivity contribution in [2.24, 2.45) is 0 Å². The van der Waals surface area contributed by atoms with Crippen LogP contribution < -0.4 is 5.32 Å². The molecule has 0 aromatic rings. The molecule has 0 bridgehead atoms. The second-order valence-corrected chi connectivity index (χ2v) is 4.07. The van der Waals surface area contributed by atoms with E-state index in [0.29, 0.717) is 10.4 Å². The maximum Gasteiger partial charge on any atom is 0.334 e. The number of aliphatic hydroxyl groups is 1. The van der Waals surface area contributed by atoms with Gasteiger partial charge in [-0.05, 0) is 0 Å². The number of nitrogens with zero attached hydrogens (tertiary/aromatic N) is 1. The van der Waals surface area contributed by atoms with Gasteiger partial charge >= 0.3 is 5.97 Å². The number of aliphatic hydroxyl groups excluding tert-OH is 1. The summed E-state index contributed by atoms with van der Waals surface area (Å²) >= 11 is 3.04. The number of hydroxylamine groups is 2. The van der Waals surface area contributed by atoms with Crippen molar-refractivity contribution >= 4 is 33.7 Å². The molecule has 1 aliphatic heterocycles. The van der Waals surface area contributed by atoms with Crippen LogP contribution in [0, 0.1) is 0 Å². The van der Waals surface area contributed by atoms with Gasteiger partial charge in [0, 0.05) is 24.7 Å². The van der Waals surface area contributed by atoms with Crippen LogP contribution >= 0.6 is 15.9 Å². The van der Waals surface area contributed by atoms with E-state index in [4.69, 9.17) is 5.11 Å². The Bertz CT molecular complexity index is 307. The Balaban J connectivity index is 2.25. The Hall–Kier alpha value is -0.990. The number of carbonyl (C=O) groups is 3. The molecular formula is C9H13BrN2O5. The van der Waals surface area contributed by atoms with Gasteiger partial charge in [-0.25, -0.2) is 4.79 Å². The molecule has 2 N–H and O–H groups in total. The molecule has 96 valence electrons. The van der Waals surface area contributed by atoms with Crippen molar-refractivity contribution in [2.75, 3.05) is 11.9 Å². The molecule has 1 fully saturated rings. The molecule has 0 aromatic heterocycles. The van der Waals surface area contributed by atoms with Gasteiger partial charge in [0.15, 0.2) is 0 Å². The van der Waals surface area contributed by atoms with Crippen molar-refractivity contribution < 1.29 is 24.3 Å². The molecule has 1 atom stereocenters. The number of amides is 2. The Morgan fingerprint density at radius 2 is 2.06 bits per heavy atom. The van der Waals surface area contributed by atoms with E-state index < -0.39 is 24.0 Å². The van der Waals surface area contributed by atoms with Gasteiger partial charge in [0.1, 0.15) is 6.23 Å². The van der Waals surface area contributed by atoms with E-state index in [9.17, 15) is 14.4 Å². The second kappa shape index (κ2) is 6.67. The lowest BCUT2D eigenvalue weighted by atomic mass is 10.4. The molecule has 1 rings (SSSR count). The first-order chi connectivity index (χ1) is 8.04. The zero-order valence-electron chi connectivity index (χ0n) is 9.02. The minimum Gasteiger partial charge on any atom is -0.378 e. The predicted molar refractivity (Wildman–Crippen MR) is 59.6 cm³/mol. The third-order valence-corrected chi connectivity index (χ3v) is 2.67. The lowest BCUT2D eigenvalue weighted by molar-refractivity contribution is -0.197. The van der Waals surface area contributed by atoms with Crippen LogP contribution in [-0.2, 0) is 19.2 Å². The first-order valence-corrected chi connectivity index (χ1v) is 6.20. The monoisotopic (exact) mass is 308 g/mol. The first-order valence-electron chi connectivity index (χ1n) is 5.08. The fraction of sp³-hybridized carbons (Fsp3) is 0.667. The topological polar surface area (TPSA) is 95.9 Å². The highest BCUT2D eigenvalue weighted by Crippen LogP contribution is 2.12. The highest BCUT2D eigenvalue weighted by atomic mass is 79.9. The molecule has 0 aliphatic carbocycles. The molecule has 0 spiro atoms. The maximum atomic E-state index is 11.3. The van der Waals surface area contributed by atoms with Gasteiger partial charge in [0.05, 0.1) is 6.42 Å². The SMILES string of the molecule is O=C(CCNC(O)CBr)ON1C(=O)CCC1=O. The van der Waals surface area contributed by atoms with Crippen molar-refractivity contribution in [1.82, 2.24) is 10.4 Å². The molecule has 8 heteroatoms. The molecule has 7 nitrogen and oxygen atoms in total. The standard InChI is InChI=1S/C9H13BrN2O5/c10-5-6(13)11-4-3-9(16)17-12-7(14)1-2-8(12)15/h6,11,13H,1-5H2. The molecule has 0 saturated carbocycles. The number of nitrogens with one attached hydrogen (secondary N) is 1. The zero-order chi connectivity index (χ0) is 12.8. The van der Waals surface area contributed by atoms with Crippen LogP contribution in [0.1, 0.15) is 19.3 Å². The lowest BCUT2D eigenvalue weighted by Gasteiger charge is -2.13. The summed E-state index contributed by atoms with van der Waals surface area (Å²) in [5, 5.41) is 12.6. The summed E-state index contributed by atoms with van der Waals surface area (Å²) < 4.78 is 0. The smallest absolute Gasteiger partial charge is 0.334 e. The Morgan fingerprint density at radius 1 is 1.47 bits per heavy atom. The fourth-order valence-corrected chi connectivity index (χ4v) is 1.43. The molecule has 17 heavy (non-hydrogen) atoms. The molecule has 2 amide bonds. The number of halogens is 1. The molecule has 1 saturated heterocycles. The molecule has 1 heterocycles. The Kier molecular flexibility index (Phi) is 5.52. The molecule has 0 aromatic carbocycles. The van der Waals surface area contributed by atoms with Gasteiger partial charge in [-0.2, -0.15) is 0 Å². The fourth-order valence-electron chi connectivity index (χ4n) is 1.20. The van der Waals surface area contributed by atoms with Crippen molar-refractivity contribution in [2.45, 2.75) is 25.5 Å². The van der Waals surface area contributed by atoms with E-state index in [2.05, 4.69) is 26.1 Å². The summed E-state index contributed by atoms with van der Waals surface area (Å²) in [5.41, 5.74) is 0. The molecule has 1 unspecified atom stereocenters. The van der Waals surface area contributed by atoms with Crippen LogP contribution in [0.4, 0.5) is 0 Å². The van der Waals surface area contributed by atoms with Crippen LogP contribution in [0.15, 0.2) is 0 Å². The van der Waals surface area contributed by atoms with Crippen LogP contribution in [0.5, 0.6) is 0 Å². The minimum atomic E-state index is -0.752. The summed E-state index contributed by atoms with van der Waals surface area (Å²) in [5.74, 6) is -1.70. The van der Waals surface area contributed by atoms with Crippen LogP contribution in [0.3, 0.4) is 0 Å². The van der Waals surface area contributed by atoms with Crippen molar-refractivity contribution in [1.29, 1.82) is 0 Å². The molecular weight excluding hydrogens is 296 g/mol. The third-order valence-electron chi connectivity index (χ3n) is 2.05. The summed E-state index contributed by atoms with van der Waals surface area (Å²) in [6, 6.07) is 0. The van der Waals surface area contributed by atoms with Crippen molar-refractivity contribution in [3.05, 3.63) is 0 Å². The second-order valence-electron chi connectivity index (χ2n) is 3.42. The number of alkyl halides is 1. The van der Waals surface area contributed by atoms with Gasteiger partial charge in [-0.1, -0.05) is 15.9 Å². The van der Waals surface area contributed by atoms with E-state index in [1.807, 2.05) is 0 Å². The number of rotatable bonds is 6. The lowest BCUT2D eigenvalue weighted by Crippen LogP contribution is -2.35. The highest BCUT2D eigenvalue weighted by Gasteiger charge is 2.32. The van der Waals surface area contributed by atoms with E-state index in [0.717, 1.165) is 0 Å². The van der Waals surface area contributed by atoms with Crippen LogP contribution in [-0.4, -0.2) is 46.1 Å². The van der Waals surface area contributed by atoms with Gasteiger partial charge in [-0.3, -0.25) is 14.9 Å². The van der Waals surface area contributed by atoms with Gasteiger partial charge in [0.25, 0.3) is 11.8 Å². The van der Waals surface area contributed by atoms with Crippen LogP contribution in [0.2, 0.25) is 0 Å².